The highest BCUT2D eigenvalue weighted by molar-refractivity contribution is 8.04. The molecule has 3 aromatic rings. The first kappa shape index (κ1) is 22.0. The van der Waals surface area contributed by atoms with Crippen LogP contribution < -0.4 is 10.1 Å². The van der Waals surface area contributed by atoms with Crippen LogP contribution in [0.25, 0.3) is 11.7 Å². The Labute approximate surface area is 196 Å². The van der Waals surface area contributed by atoms with E-state index in [-0.39, 0.29) is 16.8 Å². The molecule has 2 aliphatic rings. The zero-order valence-corrected chi connectivity index (χ0v) is 19.9. The van der Waals surface area contributed by atoms with E-state index in [4.69, 9.17) is 4.74 Å². The van der Waals surface area contributed by atoms with Crippen molar-refractivity contribution in [2.24, 2.45) is 0 Å². The molecule has 0 bridgehead atoms. The molecule has 2 aliphatic heterocycles. The van der Waals surface area contributed by atoms with Gasteiger partial charge in [-0.2, -0.15) is 4.31 Å². The van der Waals surface area contributed by atoms with Crippen LogP contribution in [0.3, 0.4) is 0 Å². The number of aromatic nitrogens is 2. The quantitative estimate of drug-likeness (QED) is 0.598. The van der Waals surface area contributed by atoms with Crippen molar-refractivity contribution in [1.29, 1.82) is 0 Å². The molecule has 0 atom stereocenters. The minimum absolute atomic E-state index is 0.0787. The highest BCUT2D eigenvalue weighted by Gasteiger charge is 2.31. The van der Waals surface area contributed by atoms with E-state index in [2.05, 4.69) is 14.7 Å². The van der Waals surface area contributed by atoms with Crippen LogP contribution in [0.15, 0.2) is 57.3 Å². The molecule has 1 aromatic carbocycles. The number of benzene rings is 1. The lowest BCUT2D eigenvalue weighted by atomic mass is 10.1. The molecule has 33 heavy (non-hydrogen) atoms. The number of nitrogens with zero attached hydrogens (tertiary/aromatic N) is 3. The predicted molar refractivity (Wildman–Crippen MR) is 127 cm³/mol. The third-order valence-corrected chi connectivity index (χ3v) is 8.98. The van der Waals surface area contributed by atoms with Gasteiger partial charge in [0, 0.05) is 19.1 Å². The monoisotopic (exact) mass is 484 g/mol. The van der Waals surface area contributed by atoms with Crippen LogP contribution in [0.4, 0.5) is 0 Å². The molecule has 5 rings (SSSR count). The maximum absolute atomic E-state index is 13.0. The lowest BCUT2D eigenvalue weighted by molar-refractivity contribution is -0.117. The lowest BCUT2D eigenvalue weighted by Gasteiger charge is -2.32. The maximum atomic E-state index is 13.0. The number of thioether (sulfide) groups is 1. The summed E-state index contributed by atoms with van der Waals surface area (Å²) in [5.41, 5.74) is 2.67. The van der Waals surface area contributed by atoms with Crippen molar-refractivity contribution in [1.82, 2.24) is 19.0 Å². The second kappa shape index (κ2) is 8.51. The molecule has 10 heteroatoms. The molecule has 0 unspecified atom stereocenters. The molecule has 0 saturated carbocycles. The maximum Gasteiger partial charge on any atom is 0.258 e. The van der Waals surface area contributed by atoms with Gasteiger partial charge >= 0.3 is 0 Å². The number of ether oxygens (including phenoxy) is 1. The number of rotatable bonds is 5. The first-order valence-electron chi connectivity index (χ1n) is 10.7. The summed E-state index contributed by atoms with van der Waals surface area (Å²) in [6, 6.07) is 12.2. The van der Waals surface area contributed by atoms with Crippen LogP contribution in [0, 0.1) is 6.92 Å². The zero-order valence-electron chi connectivity index (χ0n) is 18.3. The van der Waals surface area contributed by atoms with Gasteiger partial charge < -0.3 is 10.1 Å². The van der Waals surface area contributed by atoms with Crippen molar-refractivity contribution in [3.63, 3.8) is 0 Å². The summed E-state index contributed by atoms with van der Waals surface area (Å²) in [6.07, 6.45) is 3.00. The van der Waals surface area contributed by atoms with Gasteiger partial charge in [-0.3, -0.25) is 9.20 Å². The van der Waals surface area contributed by atoms with E-state index in [0.717, 1.165) is 22.1 Å². The largest absolute Gasteiger partial charge is 0.497 e. The topological polar surface area (TPSA) is 93.0 Å². The van der Waals surface area contributed by atoms with Gasteiger partial charge in [0.05, 0.1) is 33.3 Å². The Morgan fingerprint density at radius 2 is 1.88 bits per heavy atom. The molecule has 1 fully saturated rings. The molecule has 172 valence electrons. The standard InChI is InChI=1S/C23H24N4O4S2/c1-15-19-14-20(32-22-5-3-4-21(24-15)27(19)22)23(28)25-16-10-12-26(13-11-16)33(29,30)18-8-6-17(31-2)7-9-18/h3-9,14,16H,10-13H2,1-2H3,(H,25,28). The summed E-state index contributed by atoms with van der Waals surface area (Å²) < 4.78 is 34.5. The number of imidazole rings is 1. The van der Waals surface area contributed by atoms with Crippen molar-refractivity contribution >= 4 is 39.4 Å². The highest BCUT2D eigenvalue weighted by Crippen LogP contribution is 2.36. The van der Waals surface area contributed by atoms with Gasteiger partial charge in [0.25, 0.3) is 5.91 Å². The Morgan fingerprint density at radius 1 is 1.15 bits per heavy atom. The number of nitrogens with one attached hydrogen (secondary N) is 1. The summed E-state index contributed by atoms with van der Waals surface area (Å²) in [6.45, 7) is 2.65. The number of sulfonamides is 1. The number of piperidine rings is 1. The Balaban J connectivity index is 1.24. The molecule has 1 amide bonds. The Hall–Kier alpha value is -2.82. The molecular formula is C23H24N4O4S2. The van der Waals surface area contributed by atoms with Crippen molar-refractivity contribution in [3.05, 3.63) is 58.8 Å². The Morgan fingerprint density at radius 3 is 2.58 bits per heavy atom. The van der Waals surface area contributed by atoms with E-state index >= 15 is 0 Å². The first-order chi connectivity index (χ1) is 15.9. The van der Waals surface area contributed by atoms with Crippen LogP contribution in [-0.4, -0.2) is 54.3 Å². The van der Waals surface area contributed by atoms with Gasteiger partial charge in [-0.05, 0) is 62.2 Å². The van der Waals surface area contributed by atoms with Crippen molar-refractivity contribution < 1.29 is 17.9 Å². The highest BCUT2D eigenvalue weighted by atomic mass is 32.2. The fourth-order valence-electron chi connectivity index (χ4n) is 4.22. The van der Waals surface area contributed by atoms with Crippen molar-refractivity contribution in [2.45, 2.75) is 35.7 Å². The van der Waals surface area contributed by atoms with E-state index in [1.54, 1.807) is 31.4 Å². The Bertz CT molecular complexity index is 1360. The molecule has 0 spiro atoms. The third-order valence-electron chi connectivity index (χ3n) is 6.02. The normalized spacial score (nSPS) is 17.1. The van der Waals surface area contributed by atoms with Gasteiger partial charge in [-0.15, -0.1) is 0 Å². The van der Waals surface area contributed by atoms with Gasteiger partial charge in [0.2, 0.25) is 10.0 Å². The number of carbonyl (C=O) groups is 1. The molecular weight excluding hydrogens is 460 g/mol. The Kier molecular flexibility index (Phi) is 5.67. The van der Waals surface area contributed by atoms with Gasteiger partial charge in [-0.1, -0.05) is 17.8 Å². The van der Waals surface area contributed by atoms with Gasteiger partial charge in [0.15, 0.2) is 0 Å². The van der Waals surface area contributed by atoms with Crippen molar-refractivity contribution in [2.75, 3.05) is 20.2 Å². The summed E-state index contributed by atoms with van der Waals surface area (Å²) in [5.74, 6) is 0.472. The van der Waals surface area contributed by atoms with E-state index in [9.17, 15) is 13.2 Å². The minimum Gasteiger partial charge on any atom is -0.497 e. The smallest absolute Gasteiger partial charge is 0.258 e. The van der Waals surface area contributed by atoms with Crippen LogP contribution >= 0.6 is 11.8 Å². The van der Waals surface area contributed by atoms with E-state index < -0.39 is 10.0 Å². The number of hydrogen-bond acceptors (Lipinski definition) is 6. The molecule has 1 N–H and O–H groups in total. The van der Waals surface area contributed by atoms with E-state index in [1.165, 1.54) is 16.1 Å². The van der Waals surface area contributed by atoms with E-state index in [1.807, 2.05) is 31.2 Å². The molecule has 8 nitrogen and oxygen atoms in total. The van der Waals surface area contributed by atoms with Crippen LogP contribution in [-0.2, 0) is 14.8 Å². The van der Waals surface area contributed by atoms with Crippen molar-refractivity contribution in [3.8, 4) is 5.75 Å². The first-order valence-corrected chi connectivity index (χ1v) is 12.9. The predicted octanol–water partition coefficient (Wildman–Crippen LogP) is 3.07. The number of aryl methyl sites for hydroxylation is 1. The van der Waals surface area contributed by atoms with Crippen LogP contribution in [0.5, 0.6) is 5.75 Å². The van der Waals surface area contributed by atoms with E-state index in [0.29, 0.717) is 36.6 Å². The summed E-state index contributed by atoms with van der Waals surface area (Å²) in [4.78, 5) is 18.4. The van der Waals surface area contributed by atoms with Gasteiger partial charge in [-0.25, -0.2) is 13.4 Å². The fourth-order valence-corrected chi connectivity index (χ4v) is 6.67. The molecule has 2 aromatic heterocycles. The lowest BCUT2D eigenvalue weighted by Crippen LogP contribution is -2.46. The number of carbonyl (C=O) groups excluding carboxylic acids is 1. The summed E-state index contributed by atoms with van der Waals surface area (Å²) >= 11 is 1.42. The zero-order chi connectivity index (χ0) is 23.2. The SMILES string of the molecule is COc1ccc(S(=O)(=O)N2CCC(NC(=O)C3=Cc4c(C)nc5cccc(n45)S3)CC2)cc1. The summed E-state index contributed by atoms with van der Waals surface area (Å²) in [7, 11) is -2.03. The fraction of sp³-hybridized carbons (Fsp3) is 0.304. The number of hydrogen-bond donors (Lipinski definition) is 1. The average molecular weight is 485 g/mol. The molecule has 1 saturated heterocycles. The molecule has 4 heterocycles. The summed E-state index contributed by atoms with van der Waals surface area (Å²) in [5, 5.41) is 4.05. The second-order valence-corrected chi connectivity index (χ2v) is 11.1. The van der Waals surface area contributed by atoms with Gasteiger partial charge in [0.1, 0.15) is 11.4 Å². The minimum atomic E-state index is -3.57. The number of amides is 1. The molecule has 0 radical (unpaired) electrons. The molecule has 0 aliphatic carbocycles. The number of pyridine rings is 1. The third kappa shape index (κ3) is 4.03. The second-order valence-electron chi connectivity index (χ2n) is 8.08. The van der Waals surface area contributed by atoms with Crippen LogP contribution in [0.1, 0.15) is 24.2 Å². The van der Waals surface area contributed by atoms with Crippen LogP contribution in [0.2, 0.25) is 0 Å². The average Bonchev–Trinajstić information content (AvgIpc) is 3.16. The number of methoxy groups -OCH3 is 1.